The predicted octanol–water partition coefficient (Wildman–Crippen LogP) is 1.94. The molecule has 0 fully saturated rings. The van der Waals surface area contributed by atoms with Gasteiger partial charge in [-0.15, -0.1) is 0 Å². The largest absolute Gasteiger partial charge is 0.481 e. The zero-order valence-electron chi connectivity index (χ0n) is 10.7. The van der Waals surface area contributed by atoms with Crippen molar-refractivity contribution in [3.05, 3.63) is 27.5 Å². The lowest BCUT2D eigenvalue weighted by molar-refractivity contribution is -0.140. The number of nitrogens with one attached hydrogen (secondary N) is 1. The van der Waals surface area contributed by atoms with Crippen molar-refractivity contribution in [3.8, 4) is 0 Å². The number of nitrogens with zero attached hydrogens (tertiary/aromatic N) is 1. The number of rotatable bonds is 7. The number of hydrogen-bond acceptors (Lipinski definition) is 4. The Morgan fingerprint density at radius 2 is 2.05 bits per heavy atom. The highest BCUT2D eigenvalue weighted by atomic mass is 79.9. The van der Waals surface area contributed by atoms with E-state index in [1.807, 2.05) is 0 Å². The first-order chi connectivity index (χ1) is 9.81. The third-order valence-corrected chi connectivity index (χ3v) is 3.27. The molecular weight excluding hydrogens is 367 g/mol. The smallest absolute Gasteiger partial charge is 0.326 e. The van der Waals surface area contributed by atoms with Crippen LogP contribution in [0.4, 0.5) is 0 Å². The maximum Gasteiger partial charge on any atom is 0.326 e. The molecule has 0 bridgehead atoms. The highest BCUT2D eigenvalue weighted by Crippen LogP contribution is 2.18. The van der Waals surface area contributed by atoms with E-state index in [-0.39, 0.29) is 30.0 Å². The van der Waals surface area contributed by atoms with Crippen molar-refractivity contribution in [1.82, 2.24) is 10.3 Å². The molecule has 0 aliphatic rings. The molecule has 9 heteroatoms. The number of hydrogen-bond donors (Lipinski definition) is 3. The summed E-state index contributed by atoms with van der Waals surface area (Å²) in [4.78, 5) is 37.2. The normalized spacial score (nSPS) is 11.7. The summed E-state index contributed by atoms with van der Waals surface area (Å²) in [5.74, 6) is -2.95. The molecule has 21 heavy (non-hydrogen) atoms. The Kier molecular flexibility index (Phi) is 6.57. The van der Waals surface area contributed by atoms with Crippen molar-refractivity contribution < 1.29 is 24.6 Å². The Labute approximate surface area is 133 Å². The molecule has 0 aliphatic carbocycles. The minimum absolute atomic E-state index is 0.00637. The van der Waals surface area contributed by atoms with Gasteiger partial charge >= 0.3 is 11.9 Å². The molecule has 1 rings (SSSR count). The minimum atomic E-state index is -1.24. The van der Waals surface area contributed by atoms with Crippen molar-refractivity contribution in [2.24, 2.45) is 0 Å². The summed E-state index contributed by atoms with van der Waals surface area (Å²) in [6, 6.07) is 0.229. The Bertz CT molecular complexity index is 567. The van der Waals surface area contributed by atoms with Gasteiger partial charge in [-0.05, 0) is 34.8 Å². The van der Waals surface area contributed by atoms with Crippen LogP contribution in [0.5, 0.6) is 0 Å². The van der Waals surface area contributed by atoms with Crippen molar-refractivity contribution in [2.45, 2.75) is 25.3 Å². The number of carbonyl (C=O) groups is 3. The molecule has 1 amide bonds. The topological polar surface area (TPSA) is 117 Å². The summed E-state index contributed by atoms with van der Waals surface area (Å²) in [6.45, 7) is 0. The van der Waals surface area contributed by atoms with Crippen LogP contribution in [0.2, 0.25) is 5.15 Å². The summed E-state index contributed by atoms with van der Waals surface area (Å²) in [5, 5.41) is 19.8. The van der Waals surface area contributed by atoms with E-state index in [9.17, 15) is 14.4 Å². The third-order valence-electron chi connectivity index (χ3n) is 2.54. The van der Waals surface area contributed by atoms with E-state index in [2.05, 4.69) is 26.2 Å². The van der Waals surface area contributed by atoms with Crippen LogP contribution in [0.25, 0.3) is 0 Å². The fourth-order valence-corrected chi connectivity index (χ4v) is 2.05. The monoisotopic (exact) mass is 378 g/mol. The van der Waals surface area contributed by atoms with Crippen molar-refractivity contribution in [3.63, 3.8) is 0 Å². The molecule has 3 N–H and O–H groups in total. The van der Waals surface area contributed by atoms with Gasteiger partial charge in [0, 0.05) is 17.1 Å². The van der Waals surface area contributed by atoms with Gasteiger partial charge < -0.3 is 15.5 Å². The van der Waals surface area contributed by atoms with E-state index in [1.54, 1.807) is 0 Å². The second kappa shape index (κ2) is 7.94. The Balaban J connectivity index is 2.74. The van der Waals surface area contributed by atoms with Gasteiger partial charge in [-0.25, -0.2) is 9.78 Å². The fourth-order valence-electron chi connectivity index (χ4n) is 1.53. The minimum Gasteiger partial charge on any atom is -0.481 e. The zero-order chi connectivity index (χ0) is 16.0. The van der Waals surface area contributed by atoms with Gasteiger partial charge in [0.2, 0.25) is 0 Å². The number of amides is 1. The second-order valence-corrected chi connectivity index (χ2v) is 5.42. The summed E-state index contributed by atoms with van der Waals surface area (Å²) in [7, 11) is 0. The predicted molar refractivity (Wildman–Crippen MR) is 77.3 cm³/mol. The van der Waals surface area contributed by atoms with E-state index in [1.165, 1.54) is 12.3 Å². The molecule has 7 nitrogen and oxygen atoms in total. The second-order valence-electron chi connectivity index (χ2n) is 4.14. The average molecular weight is 380 g/mol. The Hall–Kier alpha value is -1.67. The third kappa shape index (κ3) is 5.68. The van der Waals surface area contributed by atoms with Crippen molar-refractivity contribution >= 4 is 45.4 Å². The molecule has 0 unspecified atom stereocenters. The van der Waals surface area contributed by atoms with Crippen LogP contribution < -0.4 is 5.32 Å². The first-order valence-corrected chi connectivity index (χ1v) is 7.05. The number of carboxylic acids is 2. The molecule has 0 aromatic carbocycles. The van der Waals surface area contributed by atoms with Gasteiger partial charge in [0.1, 0.15) is 11.2 Å². The van der Waals surface area contributed by atoms with Crippen LogP contribution >= 0.6 is 27.5 Å². The molecule has 0 spiro atoms. The first-order valence-electron chi connectivity index (χ1n) is 5.87. The Morgan fingerprint density at radius 1 is 1.38 bits per heavy atom. The van der Waals surface area contributed by atoms with E-state index < -0.39 is 23.9 Å². The highest BCUT2D eigenvalue weighted by Gasteiger charge is 2.22. The molecule has 0 aliphatic heterocycles. The first kappa shape index (κ1) is 17.4. The summed E-state index contributed by atoms with van der Waals surface area (Å²) < 4.78 is 0.523. The van der Waals surface area contributed by atoms with E-state index in [0.717, 1.165) is 0 Å². The average Bonchev–Trinajstić information content (AvgIpc) is 2.39. The number of carbonyl (C=O) groups excluding carboxylic acids is 1. The molecule has 1 atom stereocenters. The van der Waals surface area contributed by atoms with Gasteiger partial charge in [-0.3, -0.25) is 9.59 Å². The maximum atomic E-state index is 12.0. The number of aromatic nitrogens is 1. The van der Waals surface area contributed by atoms with Gasteiger partial charge in [0.05, 0.1) is 5.56 Å². The number of aliphatic carboxylic acids is 2. The lowest BCUT2D eigenvalue weighted by Crippen LogP contribution is -2.41. The summed E-state index contributed by atoms with van der Waals surface area (Å²) in [5.41, 5.74) is 0.0375. The molecule has 1 aromatic heterocycles. The van der Waals surface area contributed by atoms with Gasteiger partial charge in [-0.1, -0.05) is 11.6 Å². The van der Waals surface area contributed by atoms with Crippen LogP contribution in [-0.2, 0) is 9.59 Å². The standard InChI is InChI=1S/C12H12BrClN2O5/c13-6-4-7(10(14)15-5-6)11(19)16-8(12(20)21)2-1-3-9(17)18/h4-5,8H,1-3H2,(H,16,19)(H,17,18)(H,20,21)/t8-/m1/s1. The lowest BCUT2D eigenvalue weighted by Gasteiger charge is -2.14. The molecular formula is C12H12BrClN2O5. The quantitative estimate of drug-likeness (QED) is 0.623. The fraction of sp³-hybridized carbons (Fsp3) is 0.333. The van der Waals surface area contributed by atoms with E-state index in [0.29, 0.717) is 4.47 Å². The van der Waals surface area contributed by atoms with Crippen molar-refractivity contribution in [2.75, 3.05) is 0 Å². The van der Waals surface area contributed by atoms with Crippen LogP contribution in [0.1, 0.15) is 29.6 Å². The van der Waals surface area contributed by atoms with Crippen LogP contribution in [0.3, 0.4) is 0 Å². The van der Waals surface area contributed by atoms with E-state index >= 15 is 0 Å². The van der Waals surface area contributed by atoms with Gasteiger partial charge in [0.25, 0.3) is 5.91 Å². The van der Waals surface area contributed by atoms with Crippen LogP contribution in [0, 0.1) is 0 Å². The molecule has 114 valence electrons. The van der Waals surface area contributed by atoms with Crippen molar-refractivity contribution in [1.29, 1.82) is 0 Å². The molecule has 1 aromatic rings. The Morgan fingerprint density at radius 3 is 2.62 bits per heavy atom. The number of carboxylic acid groups (broad SMARTS) is 2. The van der Waals surface area contributed by atoms with Crippen LogP contribution in [-0.4, -0.2) is 39.1 Å². The summed E-state index contributed by atoms with van der Waals surface area (Å²) >= 11 is 8.92. The molecule has 0 saturated heterocycles. The van der Waals surface area contributed by atoms with Gasteiger partial charge in [-0.2, -0.15) is 0 Å². The van der Waals surface area contributed by atoms with E-state index in [4.69, 9.17) is 21.8 Å². The number of halogens is 2. The summed E-state index contributed by atoms with van der Waals surface area (Å²) in [6.07, 6.45) is 1.38. The SMILES string of the molecule is O=C(O)CCC[C@@H](NC(=O)c1cc(Br)cnc1Cl)C(=O)O. The molecule has 0 radical (unpaired) electrons. The lowest BCUT2D eigenvalue weighted by atomic mass is 10.1. The molecule has 1 heterocycles. The molecule has 0 saturated carbocycles. The maximum absolute atomic E-state index is 12.0. The van der Waals surface area contributed by atoms with Crippen LogP contribution in [0.15, 0.2) is 16.7 Å². The zero-order valence-corrected chi connectivity index (χ0v) is 13.0. The number of pyridine rings is 1. The van der Waals surface area contributed by atoms with Gasteiger partial charge in [0.15, 0.2) is 0 Å². The highest BCUT2D eigenvalue weighted by molar-refractivity contribution is 9.10.